The van der Waals surface area contributed by atoms with Crippen LogP contribution in [-0.4, -0.2) is 26.1 Å². The summed E-state index contributed by atoms with van der Waals surface area (Å²) in [5, 5.41) is 4.53. The minimum absolute atomic E-state index is 0.785. The summed E-state index contributed by atoms with van der Waals surface area (Å²) in [6.45, 7) is 3.72. The molecule has 25 heavy (non-hydrogen) atoms. The van der Waals surface area contributed by atoms with E-state index in [1.165, 1.54) is 10.4 Å². The molecule has 1 aromatic carbocycles. The Balaban J connectivity index is 1.43. The first-order valence-corrected chi connectivity index (χ1v) is 9.10. The zero-order chi connectivity index (χ0) is 17.1. The van der Waals surface area contributed by atoms with E-state index in [-0.39, 0.29) is 0 Å². The molecule has 0 radical (unpaired) electrons. The van der Waals surface area contributed by atoms with Gasteiger partial charge in [-0.15, -0.1) is 11.3 Å². The van der Waals surface area contributed by atoms with E-state index in [9.17, 15) is 0 Å². The summed E-state index contributed by atoms with van der Waals surface area (Å²) < 4.78 is 2.20. The molecule has 5 nitrogen and oxygen atoms in total. The van der Waals surface area contributed by atoms with Gasteiger partial charge in [-0.1, -0.05) is 30.3 Å². The first-order valence-electron chi connectivity index (χ1n) is 8.28. The lowest BCUT2D eigenvalue weighted by Gasteiger charge is -2.09. The summed E-state index contributed by atoms with van der Waals surface area (Å²) in [6, 6.07) is 12.6. The first-order chi connectivity index (χ1) is 12.3. The fraction of sp³-hybridized carbons (Fsp3) is 0.211. The van der Waals surface area contributed by atoms with E-state index in [4.69, 9.17) is 0 Å². The topological polar surface area (TPSA) is 55.6 Å². The lowest BCUT2D eigenvalue weighted by molar-refractivity contribution is 0.722. The second kappa shape index (κ2) is 7.03. The SMILES string of the molecule is Cc1cc2c(NCCc3nccn3Cc3ccccc3)ncnc2s1. The number of hydrogen-bond donors (Lipinski definition) is 1. The number of fused-ring (bicyclic) bond motifs is 1. The van der Waals surface area contributed by atoms with Crippen molar-refractivity contribution in [3.8, 4) is 0 Å². The lowest BCUT2D eigenvalue weighted by Crippen LogP contribution is -2.11. The Morgan fingerprint density at radius 1 is 1.12 bits per heavy atom. The number of imidazole rings is 1. The van der Waals surface area contributed by atoms with Crippen LogP contribution in [0.2, 0.25) is 0 Å². The van der Waals surface area contributed by atoms with Crippen molar-refractivity contribution in [1.82, 2.24) is 19.5 Å². The summed E-state index contributed by atoms with van der Waals surface area (Å²) in [5.41, 5.74) is 1.28. The van der Waals surface area contributed by atoms with Crippen molar-refractivity contribution in [2.45, 2.75) is 19.9 Å². The lowest BCUT2D eigenvalue weighted by atomic mass is 10.2. The van der Waals surface area contributed by atoms with Crippen LogP contribution in [-0.2, 0) is 13.0 Å². The summed E-state index contributed by atoms with van der Waals surface area (Å²) in [7, 11) is 0. The van der Waals surface area contributed by atoms with Crippen molar-refractivity contribution in [1.29, 1.82) is 0 Å². The van der Waals surface area contributed by atoms with Crippen molar-refractivity contribution in [2.24, 2.45) is 0 Å². The minimum atomic E-state index is 0.785. The fourth-order valence-corrected chi connectivity index (χ4v) is 3.75. The predicted octanol–water partition coefficient (Wildman–Crippen LogP) is 3.90. The van der Waals surface area contributed by atoms with E-state index >= 15 is 0 Å². The number of rotatable bonds is 6. The number of hydrogen-bond acceptors (Lipinski definition) is 5. The third-order valence-electron chi connectivity index (χ3n) is 4.09. The first kappa shape index (κ1) is 15.8. The molecule has 4 rings (SSSR count). The molecule has 0 fully saturated rings. The Labute approximate surface area is 150 Å². The van der Waals surface area contributed by atoms with Crippen molar-refractivity contribution < 1.29 is 0 Å². The van der Waals surface area contributed by atoms with Gasteiger partial charge in [-0.25, -0.2) is 15.0 Å². The van der Waals surface area contributed by atoms with E-state index in [1.54, 1.807) is 17.7 Å². The molecule has 0 saturated heterocycles. The molecule has 6 heteroatoms. The van der Waals surface area contributed by atoms with E-state index in [1.807, 2.05) is 18.5 Å². The van der Waals surface area contributed by atoms with Crippen LogP contribution >= 0.6 is 11.3 Å². The smallest absolute Gasteiger partial charge is 0.138 e. The number of nitrogens with one attached hydrogen (secondary N) is 1. The maximum Gasteiger partial charge on any atom is 0.138 e. The van der Waals surface area contributed by atoms with Gasteiger partial charge in [-0.05, 0) is 18.6 Å². The van der Waals surface area contributed by atoms with Gasteiger partial charge >= 0.3 is 0 Å². The van der Waals surface area contributed by atoms with Gasteiger partial charge in [0.15, 0.2) is 0 Å². The van der Waals surface area contributed by atoms with Gasteiger partial charge in [0.2, 0.25) is 0 Å². The van der Waals surface area contributed by atoms with Crippen molar-refractivity contribution in [3.05, 3.63) is 71.4 Å². The standard InChI is InChI=1S/C19H19N5S/c1-14-11-16-18(22-13-23-19(16)25-14)21-8-7-17-20-9-10-24(17)12-15-5-3-2-4-6-15/h2-6,9-11,13H,7-8,12H2,1H3,(H,21,22,23). The summed E-state index contributed by atoms with van der Waals surface area (Å²) in [5.74, 6) is 1.97. The predicted molar refractivity (Wildman–Crippen MR) is 102 cm³/mol. The summed E-state index contributed by atoms with van der Waals surface area (Å²) in [4.78, 5) is 15.5. The maximum absolute atomic E-state index is 4.50. The second-order valence-corrected chi connectivity index (χ2v) is 7.17. The van der Waals surface area contributed by atoms with Crippen LogP contribution in [0.1, 0.15) is 16.3 Å². The maximum atomic E-state index is 4.50. The van der Waals surface area contributed by atoms with E-state index in [0.717, 1.165) is 41.4 Å². The van der Waals surface area contributed by atoms with Crippen LogP contribution in [0, 0.1) is 6.92 Å². The van der Waals surface area contributed by atoms with E-state index in [2.05, 4.69) is 62.1 Å². The third kappa shape index (κ3) is 3.53. The minimum Gasteiger partial charge on any atom is -0.369 e. The molecule has 0 unspecified atom stereocenters. The molecule has 3 aromatic heterocycles. The van der Waals surface area contributed by atoms with Gasteiger partial charge in [-0.3, -0.25) is 0 Å². The molecule has 3 heterocycles. The zero-order valence-corrected chi connectivity index (χ0v) is 14.8. The summed E-state index contributed by atoms with van der Waals surface area (Å²) >= 11 is 1.69. The molecule has 0 aliphatic rings. The van der Waals surface area contributed by atoms with Gasteiger partial charge < -0.3 is 9.88 Å². The zero-order valence-electron chi connectivity index (χ0n) is 14.0. The highest BCUT2D eigenvalue weighted by atomic mass is 32.1. The largest absolute Gasteiger partial charge is 0.369 e. The van der Waals surface area contributed by atoms with Crippen LogP contribution in [0.15, 0.2) is 55.1 Å². The number of aryl methyl sites for hydroxylation is 1. The van der Waals surface area contributed by atoms with Crippen LogP contribution in [0.3, 0.4) is 0 Å². The van der Waals surface area contributed by atoms with Crippen LogP contribution < -0.4 is 5.32 Å². The van der Waals surface area contributed by atoms with Crippen molar-refractivity contribution in [3.63, 3.8) is 0 Å². The Morgan fingerprint density at radius 3 is 2.88 bits per heavy atom. The van der Waals surface area contributed by atoms with Gasteiger partial charge in [-0.2, -0.15) is 0 Å². The average Bonchev–Trinajstić information content (AvgIpc) is 3.22. The van der Waals surface area contributed by atoms with Crippen LogP contribution in [0.4, 0.5) is 5.82 Å². The van der Waals surface area contributed by atoms with Gasteiger partial charge in [0, 0.05) is 36.8 Å². The molecular weight excluding hydrogens is 330 g/mol. The molecule has 4 aromatic rings. The number of anilines is 1. The molecule has 0 spiro atoms. The van der Waals surface area contributed by atoms with E-state index < -0.39 is 0 Å². The number of nitrogens with zero attached hydrogens (tertiary/aromatic N) is 4. The monoisotopic (exact) mass is 349 g/mol. The quantitative estimate of drug-likeness (QED) is 0.574. The summed E-state index contributed by atoms with van der Waals surface area (Å²) in [6.07, 6.45) is 6.36. The van der Waals surface area contributed by atoms with Gasteiger partial charge in [0.05, 0.1) is 5.39 Å². The number of aromatic nitrogens is 4. The second-order valence-electron chi connectivity index (χ2n) is 5.93. The number of thiophene rings is 1. The Kier molecular flexibility index (Phi) is 4.43. The molecule has 0 saturated carbocycles. The van der Waals surface area contributed by atoms with Crippen molar-refractivity contribution in [2.75, 3.05) is 11.9 Å². The Bertz CT molecular complexity index is 974. The highest BCUT2D eigenvalue weighted by Crippen LogP contribution is 2.27. The van der Waals surface area contributed by atoms with Gasteiger partial charge in [0.25, 0.3) is 0 Å². The Hall–Kier alpha value is -2.73. The molecule has 0 aliphatic carbocycles. The normalized spacial score (nSPS) is 11.1. The van der Waals surface area contributed by atoms with Crippen LogP contribution in [0.5, 0.6) is 0 Å². The average molecular weight is 349 g/mol. The van der Waals surface area contributed by atoms with Gasteiger partial charge in [0.1, 0.15) is 22.8 Å². The highest BCUT2D eigenvalue weighted by molar-refractivity contribution is 7.18. The molecule has 0 bridgehead atoms. The fourth-order valence-electron chi connectivity index (χ4n) is 2.90. The molecule has 126 valence electrons. The van der Waals surface area contributed by atoms with Crippen molar-refractivity contribution >= 4 is 27.4 Å². The number of benzene rings is 1. The third-order valence-corrected chi connectivity index (χ3v) is 5.05. The van der Waals surface area contributed by atoms with E-state index in [0.29, 0.717) is 0 Å². The van der Waals surface area contributed by atoms with Crippen LogP contribution in [0.25, 0.3) is 10.2 Å². The molecule has 0 atom stereocenters. The molecule has 1 N–H and O–H groups in total. The Morgan fingerprint density at radius 2 is 2.00 bits per heavy atom. The highest BCUT2D eigenvalue weighted by Gasteiger charge is 2.08. The molecule has 0 aliphatic heterocycles. The molecule has 0 amide bonds. The molecular formula is C19H19N5S.